The maximum Gasteiger partial charge on any atom is 0.343 e. The van der Waals surface area contributed by atoms with Crippen molar-refractivity contribution >= 4 is 45.3 Å². The molecule has 1 aliphatic heterocycles. The zero-order valence-corrected chi connectivity index (χ0v) is 26.9. The van der Waals surface area contributed by atoms with Crippen molar-refractivity contribution in [3.63, 3.8) is 0 Å². The molecule has 1 aliphatic rings. The molecule has 0 aliphatic carbocycles. The predicted octanol–water partition coefficient (Wildman–Crippen LogP) is 3.53. The van der Waals surface area contributed by atoms with Crippen LogP contribution in [0.4, 0.5) is 0 Å². The van der Waals surface area contributed by atoms with E-state index in [4.69, 9.17) is 23.7 Å². The summed E-state index contributed by atoms with van der Waals surface area (Å²) in [5, 5.41) is 0. The summed E-state index contributed by atoms with van der Waals surface area (Å²) in [4.78, 5) is 44.0. The lowest BCUT2D eigenvalue weighted by molar-refractivity contribution is -0.143. The van der Waals surface area contributed by atoms with Crippen LogP contribution in [0.2, 0.25) is 0 Å². The van der Waals surface area contributed by atoms with Crippen LogP contribution in [-0.4, -0.2) is 57.7 Å². The first-order valence-corrected chi connectivity index (χ1v) is 14.9. The fraction of sp³-hybridized carbons (Fsp3) is 0.333. The molecule has 0 radical (unpaired) electrons. The van der Waals surface area contributed by atoms with E-state index in [1.54, 1.807) is 58.2 Å². The molecule has 2 aromatic carbocycles. The lowest BCUT2D eigenvalue weighted by Crippen LogP contribution is -2.40. The van der Waals surface area contributed by atoms with E-state index < -0.39 is 18.0 Å². The molecule has 0 fully saturated rings. The number of rotatable bonds is 11. The van der Waals surface area contributed by atoms with E-state index in [0.717, 1.165) is 0 Å². The molecule has 13 heteroatoms. The van der Waals surface area contributed by atoms with E-state index in [1.807, 2.05) is 6.07 Å². The zero-order valence-electron chi connectivity index (χ0n) is 24.5. The van der Waals surface area contributed by atoms with Crippen LogP contribution in [0.25, 0.3) is 6.08 Å². The first-order chi connectivity index (χ1) is 20.7. The van der Waals surface area contributed by atoms with Gasteiger partial charge in [-0.2, -0.15) is 0 Å². The van der Waals surface area contributed by atoms with E-state index in [9.17, 15) is 14.4 Å². The zero-order chi connectivity index (χ0) is 31.3. The number of fused-ring (bicyclic) bond motifs is 1. The number of carbonyl (C=O) groups excluding carboxylic acids is 2. The van der Waals surface area contributed by atoms with Crippen LogP contribution in [-0.2, 0) is 19.1 Å². The second-order valence-corrected chi connectivity index (χ2v) is 10.9. The number of methoxy groups -OCH3 is 3. The molecular formula is C30H31BrN2O9S. The lowest BCUT2D eigenvalue weighted by Gasteiger charge is -2.25. The molecule has 4 rings (SSSR count). The Morgan fingerprint density at radius 1 is 1.02 bits per heavy atom. The van der Waals surface area contributed by atoms with Crippen molar-refractivity contribution in [2.75, 3.05) is 41.2 Å². The largest absolute Gasteiger partial charge is 0.493 e. The van der Waals surface area contributed by atoms with Gasteiger partial charge in [0.2, 0.25) is 0 Å². The van der Waals surface area contributed by atoms with Gasteiger partial charge in [-0.05, 0) is 78.2 Å². The number of aromatic nitrogens is 1. The Labute approximate surface area is 260 Å². The van der Waals surface area contributed by atoms with Gasteiger partial charge in [-0.1, -0.05) is 17.4 Å². The number of hydrogen-bond acceptors (Lipinski definition) is 11. The Balaban J connectivity index is 1.91. The summed E-state index contributed by atoms with van der Waals surface area (Å²) in [5.74, 6) is 0.520. The van der Waals surface area contributed by atoms with E-state index >= 15 is 0 Å². The smallest absolute Gasteiger partial charge is 0.343 e. The minimum absolute atomic E-state index is 0.144. The highest BCUT2D eigenvalue weighted by Gasteiger charge is 2.34. The molecule has 1 atom stereocenters. The van der Waals surface area contributed by atoms with Crippen molar-refractivity contribution in [2.45, 2.75) is 26.8 Å². The van der Waals surface area contributed by atoms with Crippen molar-refractivity contribution in [2.24, 2.45) is 4.99 Å². The number of esters is 2. The third-order valence-electron chi connectivity index (χ3n) is 6.43. The Bertz CT molecular complexity index is 1760. The number of nitrogens with zero attached hydrogens (tertiary/aromatic N) is 2. The van der Waals surface area contributed by atoms with Crippen LogP contribution in [0, 0.1) is 0 Å². The van der Waals surface area contributed by atoms with E-state index in [-0.39, 0.29) is 24.3 Å². The second kappa shape index (κ2) is 13.9. The maximum atomic E-state index is 14.0. The molecule has 3 aromatic rings. The van der Waals surface area contributed by atoms with Gasteiger partial charge in [0.1, 0.15) is 0 Å². The van der Waals surface area contributed by atoms with E-state index in [1.165, 1.54) is 30.1 Å². The molecule has 0 amide bonds. The van der Waals surface area contributed by atoms with Crippen LogP contribution in [0.3, 0.4) is 0 Å². The van der Waals surface area contributed by atoms with Crippen molar-refractivity contribution < 1.29 is 38.0 Å². The number of carbonyl (C=O) groups is 2. The lowest BCUT2D eigenvalue weighted by atomic mass is 9.95. The summed E-state index contributed by atoms with van der Waals surface area (Å²) in [6.45, 7) is 5.36. The van der Waals surface area contributed by atoms with Gasteiger partial charge in [0.15, 0.2) is 34.4 Å². The molecular weight excluding hydrogens is 644 g/mol. The molecule has 11 nitrogen and oxygen atoms in total. The van der Waals surface area contributed by atoms with Gasteiger partial charge in [-0.25, -0.2) is 14.6 Å². The van der Waals surface area contributed by atoms with Crippen molar-refractivity contribution in [3.8, 4) is 23.0 Å². The SMILES string of the molecule is CCOC(=O)C1=C(C)N=c2s/c(=C/c3cc(Br)c(OC)c(OC)c3)c(=O)n2[C@@H]1c1ccc(OCC(=O)OC)c(OCC)c1. The number of hydrogen-bond donors (Lipinski definition) is 0. The van der Waals surface area contributed by atoms with E-state index in [2.05, 4.69) is 25.7 Å². The quantitative estimate of drug-likeness (QED) is 0.281. The first-order valence-electron chi connectivity index (χ1n) is 13.2. The van der Waals surface area contributed by atoms with Gasteiger partial charge in [0.05, 0.1) is 60.9 Å². The fourth-order valence-corrected chi connectivity index (χ4v) is 6.23. The van der Waals surface area contributed by atoms with Crippen LogP contribution >= 0.6 is 27.3 Å². The number of benzene rings is 2. The average molecular weight is 676 g/mol. The summed E-state index contributed by atoms with van der Waals surface area (Å²) in [7, 11) is 4.34. The number of halogens is 1. The van der Waals surface area contributed by atoms with Crippen LogP contribution in [0.1, 0.15) is 37.9 Å². The fourth-order valence-electron chi connectivity index (χ4n) is 4.56. The molecule has 0 spiro atoms. The summed E-state index contributed by atoms with van der Waals surface area (Å²) < 4.78 is 34.9. The summed E-state index contributed by atoms with van der Waals surface area (Å²) in [6, 6.07) is 7.72. The van der Waals surface area contributed by atoms with Gasteiger partial charge in [0, 0.05) is 0 Å². The van der Waals surface area contributed by atoms with Gasteiger partial charge in [-0.3, -0.25) is 9.36 Å². The summed E-state index contributed by atoms with van der Waals surface area (Å²) in [6.07, 6.45) is 1.73. The van der Waals surface area contributed by atoms with Gasteiger partial charge in [0.25, 0.3) is 5.56 Å². The number of thiazole rings is 1. The topological polar surface area (TPSA) is 124 Å². The molecule has 2 heterocycles. The Morgan fingerprint density at radius 3 is 2.44 bits per heavy atom. The predicted molar refractivity (Wildman–Crippen MR) is 163 cm³/mol. The normalized spacial score (nSPS) is 14.5. The summed E-state index contributed by atoms with van der Waals surface area (Å²) >= 11 is 4.69. The molecule has 0 saturated heterocycles. The minimum Gasteiger partial charge on any atom is -0.493 e. The third-order valence-corrected chi connectivity index (χ3v) is 8.00. The van der Waals surface area contributed by atoms with Gasteiger partial charge < -0.3 is 28.4 Å². The highest BCUT2D eigenvalue weighted by molar-refractivity contribution is 9.10. The average Bonchev–Trinajstić information content (AvgIpc) is 3.29. The standard InChI is InChI=1S/C30H31BrN2O9S/c1-7-40-21-14-18(9-10-20(21)42-15-24(34)38-5)26-25(29(36)41-8-2)16(3)32-30-33(26)28(35)23(43-30)13-17-11-19(31)27(39-6)22(12-17)37-4/h9-14,26H,7-8,15H2,1-6H3/b23-13+/t26-/m1/s1. The highest BCUT2D eigenvalue weighted by Crippen LogP contribution is 2.38. The third kappa shape index (κ3) is 6.62. The molecule has 43 heavy (non-hydrogen) atoms. The van der Waals surface area contributed by atoms with Crippen LogP contribution < -0.4 is 33.8 Å². The first kappa shape index (κ1) is 31.8. The molecule has 0 N–H and O–H groups in total. The maximum absolute atomic E-state index is 14.0. The van der Waals surface area contributed by atoms with Crippen molar-refractivity contribution in [3.05, 3.63) is 76.9 Å². The number of allylic oxidation sites excluding steroid dienone is 1. The molecule has 0 saturated carbocycles. The molecule has 0 unspecified atom stereocenters. The number of ether oxygens (including phenoxy) is 6. The molecule has 1 aromatic heterocycles. The minimum atomic E-state index is -0.872. The van der Waals surface area contributed by atoms with Crippen LogP contribution in [0.5, 0.6) is 23.0 Å². The van der Waals surface area contributed by atoms with Crippen molar-refractivity contribution in [1.82, 2.24) is 4.57 Å². The van der Waals surface area contributed by atoms with Crippen LogP contribution in [0.15, 0.2) is 55.9 Å². The Hall–Kier alpha value is -4.10. The monoisotopic (exact) mass is 674 g/mol. The van der Waals surface area contributed by atoms with Gasteiger partial charge in [-0.15, -0.1) is 0 Å². The van der Waals surface area contributed by atoms with Crippen molar-refractivity contribution in [1.29, 1.82) is 0 Å². The Kier molecular flexibility index (Phi) is 10.3. The van der Waals surface area contributed by atoms with Gasteiger partial charge >= 0.3 is 11.9 Å². The highest BCUT2D eigenvalue weighted by atomic mass is 79.9. The molecule has 228 valence electrons. The summed E-state index contributed by atoms with van der Waals surface area (Å²) in [5.41, 5.74) is 1.55. The Morgan fingerprint density at radius 2 is 1.79 bits per heavy atom. The molecule has 0 bridgehead atoms. The van der Waals surface area contributed by atoms with E-state index in [0.29, 0.717) is 60.2 Å². The second-order valence-electron chi connectivity index (χ2n) is 9.04.